The number of likely N-dealkylation sites (tertiary alicyclic amines) is 1. The van der Waals surface area contributed by atoms with Crippen LogP contribution in [0.5, 0.6) is 0 Å². The van der Waals surface area contributed by atoms with Crippen LogP contribution in [0.2, 0.25) is 0 Å². The minimum Gasteiger partial charge on any atom is -0.481 e. The molecule has 0 radical (unpaired) electrons. The summed E-state index contributed by atoms with van der Waals surface area (Å²) >= 11 is 0. The van der Waals surface area contributed by atoms with E-state index in [4.69, 9.17) is 0 Å². The summed E-state index contributed by atoms with van der Waals surface area (Å²) in [5.41, 5.74) is 0. The molecule has 1 saturated heterocycles. The monoisotopic (exact) mass is 624 g/mol. The van der Waals surface area contributed by atoms with E-state index in [1.54, 1.807) is 32.6 Å². The highest BCUT2D eigenvalue weighted by Crippen LogP contribution is 2.17. The number of nitrogens with zero attached hydrogens (tertiary/aromatic N) is 1. The molecule has 1 aliphatic carbocycles. The highest BCUT2D eigenvalue weighted by molar-refractivity contribution is 5.98. The first-order valence-corrected chi connectivity index (χ1v) is 15.4. The number of carboxylic acids is 2. The van der Waals surface area contributed by atoms with E-state index < -0.39 is 90.4 Å². The van der Waals surface area contributed by atoms with Gasteiger partial charge in [0.05, 0.1) is 12.8 Å². The molecule has 4 atom stereocenters. The maximum absolute atomic E-state index is 13.5. The maximum Gasteiger partial charge on any atom is 0.326 e. The Morgan fingerprint density at radius 3 is 1.70 bits per heavy atom. The van der Waals surface area contributed by atoms with E-state index in [2.05, 4.69) is 26.6 Å². The minimum absolute atomic E-state index is 0.00929. The van der Waals surface area contributed by atoms with Crippen molar-refractivity contribution in [2.24, 2.45) is 11.8 Å². The van der Waals surface area contributed by atoms with E-state index in [-0.39, 0.29) is 6.04 Å². The van der Waals surface area contributed by atoms with E-state index >= 15 is 0 Å². The van der Waals surface area contributed by atoms with Gasteiger partial charge in [-0.1, -0.05) is 47.0 Å². The van der Waals surface area contributed by atoms with E-state index in [0.29, 0.717) is 13.1 Å². The van der Waals surface area contributed by atoms with Crippen molar-refractivity contribution in [1.82, 2.24) is 31.5 Å². The number of carbonyl (C=O) groups excluding carboxylic acids is 5. The molecule has 1 saturated carbocycles. The minimum atomic E-state index is -1.69. The Balaban J connectivity index is 2.23. The second kappa shape index (κ2) is 17.4. The van der Waals surface area contributed by atoms with Crippen molar-refractivity contribution < 1.29 is 43.8 Å². The third-order valence-corrected chi connectivity index (χ3v) is 7.89. The van der Waals surface area contributed by atoms with Gasteiger partial charge in [-0.25, -0.2) is 9.59 Å². The van der Waals surface area contributed by atoms with Gasteiger partial charge in [0.25, 0.3) is 0 Å². The lowest BCUT2D eigenvalue weighted by molar-refractivity contribution is -0.145. The molecule has 1 heterocycles. The molecule has 44 heavy (non-hydrogen) atoms. The van der Waals surface area contributed by atoms with Crippen LogP contribution in [0.15, 0.2) is 0 Å². The molecule has 7 N–H and O–H groups in total. The summed E-state index contributed by atoms with van der Waals surface area (Å²) in [5, 5.41) is 31.4. The first-order chi connectivity index (χ1) is 20.7. The maximum atomic E-state index is 13.5. The van der Waals surface area contributed by atoms with Crippen LogP contribution in [0.3, 0.4) is 0 Å². The summed E-state index contributed by atoms with van der Waals surface area (Å²) in [6.07, 6.45) is 4.99. The molecule has 2 rings (SSSR count). The Morgan fingerprint density at radius 2 is 1.18 bits per heavy atom. The molecule has 0 bridgehead atoms. The van der Waals surface area contributed by atoms with Crippen LogP contribution >= 0.6 is 0 Å². The predicted molar refractivity (Wildman–Crippen MR) is 158 cm³/mol. The van der Waals surface area contributed by atoms with Crippen LogP contribution in [0.1, 0.15) is 85.5 Å². The zero-order chi connectivity index (χ0) is 33.0. The molecule has 248 valence electrons. The summed E-state index contributed by atoms with van der Waals surface area (Å²) in [6, 6.07) is -6.16. The molecule has 15 heteroatoms. The molecule has 15 nitrogen and oxygen atoms in total. The number of carbonyl (C=O) groups is 7. The van der Waals surface area contributed by atoms with Gasteiger partial charge in [0.15, 0.2) is 0 Å². The van der Waals surface area contributed by atoms with Gasteiger partial charge in [-0.15, -0.1) is 0 Å². The quantitative estimate of drug-likeness (QED) is 0.133. The Kier molecular flexibility index (Phi) is 14.3. The van der Waals surface area contributed by atoms with Gasteiger partial charge in [-0.05, 0) is 37.5 Å². The predicted octanol–water partition coefficient (Wildman–Crippen LogP) is 0.325. The number of hydrogen-bond donors (Lipinski definition) is 7. The van der Waals surface area contributed by atoms with E-state index in [9.17, 15) is 43.8 Å². The Bertz CT molecular complexity index is 1050. The number of hydrogen-bond acceptors (Lipinski definition) is 7. The van der Waals surface area contributed by atoms with Crippen molar-refractivity contribution in [2.75, 3.05) is 13.1 Å². The lowest BCUT2D eigenvalue weighted by atomic mass is 9.96. The van der Waals surface area contributed by atoms with Crippen LogP contribution in [-0.2, 0) is 28.8 Å². The molecule has 0 unspecified atom stereocenters. The van der Waals surface area contributed by atoms with Gasteiger partial charge >= 0.3 is 18.0 Å². The van der Waals surface area contributed by atoms with Gasteiger partial charge in [0.1, 0.15) is 24.2 Å². The summed E-state index contributed by atoms with van der Waals surface area (Å²) in [7, 11) is 0. The molecule has 2 fully saturated rings. The van der Waals surface area contributed by atoms with Crippen molar-refractivity contribution in [2.45, 2.75) is 116 Å². The normalized spacial score (nSPS) is 18.1. The zero-order valence-corrected chi connectivity index (χ0v) is 26.0. The topological polar surface area (TPSA) is 223 Å². The number of nitrogens with one attached hydrogen (secondary N) is 5. The molecule has 0 aromatic carbocycles. The number of rotatable bonds is 15. The van der Waals surface area contributed by atoms with E-state index in [0.717, 1.165) is 44.9 Å². The van der Waals surface area contributed by atoms with Crippen LogP contribution in [0, 0.1) is 11.8 Å². The molecular weight excluding hydrogens is 576 g/mol. The number of amides is 6. The fraction of sp³-hybridized carbons (Fsp3) is 0.759. The van der Waals surface area contributed by atoms with Gasteiger partial charge < -0.3 is 41.7 Å². The lowest BCUT2D eigenvalue weighted by Crippen LogP contribution is -2.60. The third kappa shape index (κ3) is 11.6. The Hall–Kier alpha value is -3.91. The molecule has 0 aromatic rings. The summed E-state index contributed by atoms with van der Waals surface area (Å²) in [6.45, 7) is 7.47. The molecule has 2 aliphatic rings. The average molecular weight is 625 g/mol. The molecule has 6 amide bonds. The van der Waals surface area contributed by atoms with Crippen molar-refractivity contribution in [3.05, 3.63) is 0 Å². The van der Waals surface area contributed by atoms with E-state index in [1.807, 2.05) is 0 Å². The zero-order valence-electron chi connectivity index (χ0n) is 26.0. The van der Waals surface area contributed by atoms with Crippen molar-refractivity contribution in [3.63, 3.8) is 0 Å². The summed E-state index contributed by atoms with van der Waals surface area (Å²) < 4.78 is 0. The highest BCUT2D eigenvalue weighted by atomic mass is 16.4. The number of aliphatic carboxylic acids is 2. The van der Waals surface area contributed by atoms with Gasteiger partial charge in [0.2, 0.25) is 23.6 Å². The largest absolute Gasteiger partial charge is 0.481 e. The Morgan fingerprint density at radius 1 is 0.659 bits per heavy atom. The van der Waals surface area contributed by atoms with Crippen molar-refractivity contribution in [3.8, 4) is 0 Å². The summed E-state index contributed by atoms with van der Waals surface area (Å²) in [4.78, 5) is 90.2. The smallest absolute Gasteiger partial charge is 0.326 e. The van der Waals surface area contributed by atoms with Crippen LogP contribution in [0.25, 0.3) is 0 Å². The number of carboxylic acid groups (broad SMARTS) is 2. The fourth-order valence-electron chi connectivity index (χ4n) is 5.31. The highest BCUT2D eigenvalue weighted by Gasteiger charge is 2.35. The first kappa shape index (κ1) is 36.3. The van der Waals surface area contributed by atoms with Crippen LogP contribution in [-0.4, -0.2) is 100 Å². The van der Waals surface area contributed by atoms with Crippen LogP contribution < -0.4 is 26.6 Å². The van der Waals surface area contributed by atoms with Crippen molar-refractivity contribution >= 4 is 41.6 Å². The molecular formula is C29H48N6O9. The van der Waals surface area contributed by atoms with Gasteiger partial charge in [-0.3, -0.25) is 24.0 Å². The molecule has 1 aliphatic heterocycles. The second-order valence-corrected chi connectivity index (χ2v) is 12.3. The SMILES string of the molecule is CC(C)[C@H](NC(=O)[C@H](CC(=O)O)NC(=O)[C@H](CC(=O)N1CCCC1)NC(=O)[C@@H](NC(=O)NC1CCCCC1)C(C)C)C(=O)O. The first-order valence-electron chi connectivity index (χ1n) is 15.4. The number of urea groups is 1. The average Bonchev–Trinajstić information content (AvgIpc) is 3.49. The standard InChI is InChI=1S/C29H48N6O9/c1-16(2)23(34-29(44)30-18-10-6-5-7-11-18)27(41)32-19(14-21(36)35-12-8-9-13-35)25(39)31-20(15-22(37)38)26(40)33-24(17(3)4)28(42)43/h16-20,23-24H,5-15H2,1-4H3,(H,31,39)(H,32,41)(H,33,40)(H,37,38)(H,42,43)(H2,30,34,44)/t19-,20-,23-,24-/m0/s1. The molecule has 0 aromatic heterocycles. The fourth-order valence-corrected chi connectivity index (χ4v) is 5.31. The molecule has 0 spiro atoms. The third-order valence-electron chi connectivity index (χ3n) is 7.89. The summed E-state index contributed by atoms with van der Waals surface area (Å²) in [5.74, 6) is -6.93. The van der Waals surface area contributed by atoms with Gasteiger partial charge in [0, 0.05) is 19.1 Å². The Labute approximate surface area is 257 Å². The van der Waals surface area contributed by atoms with Gasteiger partial charge in [-0.2, -0.15) is 0 Å². The lowest BCUT2D eigenvalue weighted by Gasteiger charge is -2.29. The van der Waals surface area contributed by atoms with Crippen molar-refractivity contribution in [1.29, 1.82) is 0 Å². The van der Waals surface area contributed by atoms with E-state index in [1.165, 1.54) is 0 Å². The van der Waals surface area contributed by atoms with Crippen LogP contribution in [0.4, 0.5) is 4.79 Å². The second-order valence-electron chi connectivity index (χ2n) is 12.3.